The predicted molar refractivity (Wildman–Crippen MR) is 122 cm³/mol. The SMILES string of the molecule is CCc1nc(N(CCC(=O)NC2CC2)CCc2ccccc2)c2ccc(Cl)cc2n1. The fraction of sp³-hybridized carbons (Fsp3) is 0.375. The molecule has 1 heterocycles. The Bertz CT molecular complexity index is 1020. The number of halogens is 1. The fourth-order valence-electron chi connectivity index (χ4n) is 3.53. The summed E-state index contributed by atoms with van der Waals surface area (Å²) in [6, 6.07) is 16.5. The van der Waals surface area contributed by atoms with Crippen molar-refractivity contribution in [1.82, 2.24) is 15.3 Å². The Hall–Kier alpha value is -2.66. The molecular weight excluding hydrogens is 396 g/mol. The van der Waals surface area contributed by atoms with Gasteiger partial charge in [-0.3, -0.25) is 4.79 Å². The molecule has 0 spiro atoms. The smallest absolute Gasteiger partial charge is 0.221 e. The van der Waals surface area contributed by atoms with Crippen molar-refractivity contribution in [2.45, 2.75) is 45.1 Å². The van der Waals surface area contributed by atoms with Crippen LogP contribution >= 0.6 is 11.6 Å². The molecule has 1 N–H and O–H groups in total. The maximum Gasteiger partial charge on any atom is 0.221 e. The van der Waals surface area contributed by atoms with E-state index in [-0.39, 0.29) is 5.91 Å². The second kappa shape index (κ2) is 9.43. The summed E-state index contributed by atoms with van der Waals surface area (Å²) in [4.78, 5) is 24.1. The number of anilines is 1. The van der Waals surface area contributed by atoms with Gasteiger partial charge in [-0.2, -0.15) is 0 Å². The third-order valence-electron chi connectivity index (χ3n) is 5.37. The lowest BCUT2D eigenvalue weighted by atomic mass is 10.1. The van der Waals surface area contributed by atoms with Gasteiger partial charge in [0, 0.05) is 42.4 Å². The van der Waals surface area contributed by atoms with Crippen LogP contribution in [-0.4, -0.2) is 35.0 Å². The van der Waals surface area contributed by atoms with E-state index in [2.05, 4.69) is 39.5 Å². The van der Waals surface area contributed by atoms with Gasteiger partial charge >= 0.3 is 0 Å². The van der Waals surface area contributed by atoms with Crippen molar-refractivity contribution < 1.29 is 4.79 Å². The Kier molecular flexibility index (Phi) is 6.48. The molecule has 0 saturated heterocycles. The lowest BCUT2D eigenvalue weighted by Gasteiger charge is -2.25. The molecule has 1 aromatic heterocycles. The summed E-state index contributed by atoms with van der Waals surface area (Å²) in [6.07, 6.45) is 4.27. The lowest BCUT2D eigenvalue weighted by molar-refractivity contribution is -0.121. The quantitative estimate of drug-likeness (QED) is 0.549. The number of benzene rings is 2. The van der Waals surface area contributed by atoms with E-state index in [1.54, 1.807) is 0 Å². The minimum Gasteiger partial charge on any atom is -0.355 e. The first-order valence-corrected chi connectivity index (χ1v) is 11.0. The number of hydrogen-bond donors (Lipinski definition) is 1. The first-order valence-electron chi connectivity index (χ1n) is 10.7. The first-order chi connectivity index (χ1) is 14.6. The number of aryl methyl sites for hydroxylation is 1. The van der Waals surface area contributed by atoms with E-state index in [1.165, 1.54) is 5.56 Å². The number of carbonyl (C=O) groups excluding carboxylic acids is 1. The second-order valence-corrected chi connectivity index (χ2v) is 8.23. The number of aromatic nitrogens is 2. The van der Waals surface area contributed by atoms with Crippen LogP contribution in [0.4, 0.5) is 5.82 Å². The van der Waals surface area contributed by atoms with Gasteiger partial charge in [-0.05, 0) is 43.0 Å². The van der Waals surface area contributed by atoms with Crippen LogP contribution < -0.4 is 10.2 Å². The van der Waals surface area contributed by atoms with Gasteiger partial charge in [0.05, 0.1) is 5.52 Å². The van der Waals surface area contributed by atoms with E-state index < -0.39 is 0 Å². The molecular formula is C24H27ClN4O. The molecule has 0 radical (unpaired) electrons. The van der Waals surface area contributed by atoms with E-state index in [1.807, 2.05) is 31.2 Å². The van der Waals surface area contributed by atoms with Crippen molar-refractivity contribution in [1.29, 1.82) is 0 Å². The van der Waals surface area contributed by atoms with Gasteiger partial charge in [0.1, 0.15) is 11.6 Å². The predicted octanol–water partition coefficient (Wildman–Crippen LogP) is 4.56. The zero-order valence-corrected chi connectivity index (χ0v) is 18.0. The number of fused-ring (bicyclic) bond motifs is 1. The van der Waals surface area contributed by atoms with Crippen LogP contribution in [0.2, 0.25) is 5.02 Å². The molecule has 0 bridgehead atoms. The Morgan fingerprint density at radius 1 is 1.13 bits per heavy atom. The molecule has 0 atom stereocenters. The van der Waals surface area contributed by atoms with Crippen LogP contribution in [0, 0.1) is 0 Å². The molecule has 4 rings (SSSR count). The van der Waals surface area contributed by atoms with Crippen LogP contribution in [0.5, 0.6) is 0 Å². The summed E-state index contributed by atoms with van der Waals surface area (Å²) in [5, 5.41) is 4.71. The average molecular weight is 423 g/mol. The highest BCUT2D eigenvalue weighted by Crippen LogP contribution is 2.27. The number of carbonyl (C=O) groups is 1. The second-order valence-electron chi connectivity index (χ2n) is 7.79. The van der Waals surface area contributed by atoms with Crippen molar-refractivity contribution in [2.75, 3.05) is 18.0 Å². The van der Waals surface area contributed by atoms with Gasteiger partial charge in [0.25, 0.3) is 0 Å². The third kappa shape index (κ3) is 5.28. The molecule has 2 aromatic carbocycles. The Balaban J connectivity index is 1.62. The van der Waals surface area contributed by atoms with Crippen LogP contribution in [0.25, 0.3) is 10.9 Å². The highest BCUT2D eigenvalue weighted by Gasteiger charge is 2.23. The zero-order valence-electron chi connectivity index (χ0n) is 17.3. The van der Waals surface area contributed by atoms with Gasteiger partial charge in [-0.1, -0.05) is 48.9 Å². The van der Waals surface area contributed by atoms with Gasteiger partial charge in [0.15, 0.2) is 0 Å². The summed E-state index contributed by atoms with van der Waals surface area (Å²) >= 11 is 6.22. The number of nitrogens with one attached hydrogen (secondary N) is 1. The summed E-state index contributed by atoms with van der Waals surface area (Å²) in [6.45, 7) is 3.44. The molecule has 5 nitrogen and oxygen atoms in total. The normalized spacial score (nSPS) is 13.4. The standard InChI is InChI=1S/C24H27ClN4O/c1-2-22-27-21-16-18(25)8-11-20(21)24(28-22)29(14-12-17-6-4-3-5-7-17)15-13-23(30)26-19-9-10-19/h3-8,11,16,19H,2,9-10,12-15H2,1H3,(H,26,30). The maximum atomic E-state index is 12.3. The molecule has 0 unspecified atom stereocenters. The van der Waals surface area contributed by atoms with E-state index in [0.29, 0.717) is 24.0 Å². The monoisotopic (exact) mass is 422 g/mol. The molecule has 6 heteroatoms. The Morgan fingerprint density at radius 3 is 2.67 bits per heavy atom. The average Bonchev–Trinajstić information content (AvgIpc) is 3.57. The van der Waals surface area contributed by atoms with Gasteiger partial charge in [0.2, 0.25) is 5.91 Å². The number of rotatable bonds is 9. The first kappa shape index (κ1) is 20.6. The van der Waals surface area contributed by atoms with Crippen LogP contribution in [0.3, 0.4) is 0 Å². The number of nitrogens with zero attached hydrogens (tertiary/aromatic N) is 3. The van der Waals surface area contributed by atoms with Crippen molar-refractivity contribution in [3.05, 3.63) is 64.9 Å². The van der Waals surface area contributed by atoms with E-state index in [4.69, 9.17) is 16.6 Å². The molecule has 156 valence electrons. The molecule has 1 aliphatic rings. The van der Waals surface area contributed by atoms with Crippen LogP contribution in [0.15, 0.2) is 48.5 Å². The van der Waals surface area contributed by atoms with E-state index in [0.717, 1.165) is 54.8 Å². The molecule has 1 aliphatic carbocycles. The molecule has 1 amide bonds. The zero-order chi connectivity index (χ0) is 20.9. The number of amides is 1. The highest BCUT2D eigenvalue weighted by atomic mass is 35.5. The van der Waals surface area contributed by atoms with E-state index >= 15 is 0 Å². The fourth-order valence-corrected chi connectivity index (χ4v) is 3.69. The minimum atomic E-state index is 0.110. The molecule has 3 aromatic rings. The molecule has 0 aliphatic heterocycles. The highest BCUT2D eigenvalue weighted by molar-refractivity contribution is 6.31. The Labute approximate surface area is 182 Å². The topological polar surface area (TPSA) is 58.1 Å². The van der Waals surface area contributed by atoms with Crippen LogP contribution in [0.1, 0.15) is 37.6 Å². The molecule has 1 fully saturated rings. The van der Waals surface area contributed by atoms with Gasteiger partial charge < -0.3 is 10.2 Å². The van der Waals surface area contributed by atoms with Gasteiger partial charge in [-0.15, -0.1) is 0 Å². The van der Waals surface area contributed by atoms with Crippen molar-refractivity contribution in [2.24, 2.45) is 0 Å². The maximum absolute atomic E-state index is 12.3. The Morgan fingerprint density at radius 2 is 1.93 bits per heavy atom. The van der Waals surface area contributed by atoms with Gasteiger partial charge in [-0.25, -0.2) is 9.97 Å². The lowest BCUT2D eigenvalue weighted by Crippen LogP contribution is -2.33. The van der Waals surface area contributed by atoms with E-state index in [9.17, 15) is 4.79 Å². The third-order valence-corrected chi connectivity index (χ3v) is 5.60. The summed E-state index contributed by atoms with van der Waals surface area (Å²) < 4.78 is 0. The van der Waals surface area contributed by atoms with Crippen LogP contribution in [-0.2, 0) is 17.6 Å². The summed E-state index contributed by atoms with van der Waals surface area (Å²) in [5.41, 5.74) is 2.11. The minimum absolute atomic E-state index is 0.110. The summed E-state index contributed by atoms with van der Waals surface area (Å²) in [7, 11) is 0. The van der Waals surface area contributed by atoms with Crippen molar-refractivity contribution >= 4 is 34.2 Å². The summed E-state index contributed by atoms with van der Waals surface area (Å²) in [5.74, 6) is 1.77. The van der Waals surface area contributed by atoms with Crippen molar-refractivity contribution in [3.8, 4) is 0 Å². The number of hydrogen-bond acceptors (Lipinski definition) is 4. The molecule has 30 heavy (non-hydrogen) atoms. The largest absolute Gasteiger partial charge is 0.355 e. The van der Waals surface area contributed by atoms with Crippen molar-refractivity contribution in [3.63, 3.8) is 0 Å². The molecule has 1 saturated carbocycles.